The Hall–Kier alpha value is -1.07. The molecule has 2 rings (SSSR count). The molecular weight excluding hydrogens is 246 g/mol. The van der Waals surface area contributed by atoms with Gasteiger partial charge in [-0.3, -0.25) is 0 Å². The number of hydrogen-bond donors (Lipinski definition) is 1. The van der Waals surface area contributed by atoms with E-state index in [9.17, 15) is 4.79 Å². The van der Waals surface area contributed by atoms with Gasteiger partial charge in [-0.1, -0.05) is 6.07 Å². The molecule has 0 radical (unpaired) electrons. The molecular formula is C13H21N3OS. The highest BCUT2D eigenvalue weighted by atomic mass is 32.1. The lowest BCUT2D eigenvalue weighted by atomic mass is 10.0. The number of amides is 2. The molecule has 0 bridgehead atoms. The van der Waals surface area contributed by atoms with Crippen molar-refractivity contribution in [3.8, 4) is 0 Å². The Bertz CT molecular complexity index is 410. The fraction of sp³-hybridized carbons (Fsp3) is 0.615. The molecule has 0 aliphatic carbocycles. The number of thiophene rings is 1. The van der Waals surface area contributed by atoms with Crippen molar-refractivity contribution in [3.63, 3.8) is 0 Å². The minimum atomic E-state index is -0.222. The quantitative estimate of drug-likeness (QED) is 0.910. The summed E-state index contributed by atoms with van der Waals surface area (Å²) in [6.45, 7) is 5.49. The maximum absolute atomic E-state index is 12.1. The van der Waals surface area contributed by atoms with Gasteiger partial charge in [-0.15, -0.1) is 11.3 Å². The third-order valence-electron chi connectivity index (χ3n) is 3.33. The zero-order valence-corrected chi connectivity index (χ0v) is 12.0. The van der Waals surface area contributed by atoms with Crippen molar-refractivity contribution in [1.82, 2.24) is 9.80 Å². The Morgan fingerprint density at radius 1 is 1.56 bits per heavy atom. The van der Waals surface area contributed by atoms with E-state index in [4.69, 9.17) is 5.73 Å². The highest BCUT2D eigenvalue weighted by Crippen LogP contribution is 2.31. The predicted molar refractivity (Wildman–Crippen MR) is 74.7 cm³/mol. The van der Waals surface area contributed by atoms with Gasteiger partial charge in [0.15, 0.2) is 0 Å². The van der Waals surface area contributed by atoms with Gasteiger partial charge < -0.3 is 15.5 Å². The summed E-state index contributed by atoms with van der Waals surface area (Å²) >= 11 is 1.71. The summed E-state index contributed by atoms with van der Waals surface area (Å²) < 4.78 is 0. The van der Waals surface area contributed by atoms with Gasteiger partial charge in [0.25, 0.3) is 0 Å². The summed E-state index contributed by atoms with van der Waals surface area (Å²) in [5.41, 5.74) is 5.75. The lowest BCUT2D eigenvalue weighted by molar-refractivity contribution is 0.193. The molecule has 5 heteroatoms. The molecule has 1 atom stereocenters. The van der Waals surface area contributed by atoms with E-state index >= 15 is 0 Å². The SMILES string of the molecule is CN1C(=O)N(CCC(C)(C)N)CC1c1cccs1. The molecule has 2 heterocycles. The number of carbonyl (C=O) groups excluding carboxylic acids is 1. The summed E-state index contributed by atoms with van der Waals surface area (Å²) in [6.07, 6.45) is 0.823. The van der Waals surface area contributed by atoms with Crippen molar-refractivity contribution >= 4 is 17.4 Å². The third kappa shape index (κ3) is 2.84. The first-order chi connectivity index (χ1) is 8.38. The fourth-order valence-electron chi connectivity index (χ4n) is 2.14. The summed E-state index contributed by atoms with van der Waals surface area (Å²) in [5, 5.41) is 2.05. The third-order valence-corrected chi connectivity index (χ3v) is 4.30. The largest absolute Gasteiger partial charge is 0.325 e. The molecule has 2 N–H and O–H groups in total. The first-order valence-electron chi connectivity index (χ1n) is 6.22. The summed E-state index contributed by atoms with van der Waals surface area (Å²) in [5.74, 6) is 0. The van der Waals surface area contributed by atoms with Crippen LogP contribution in [0.1, 0.15) is 31.2 Å². The minimum absolute atomic E-state index is 0.109. The van der Waals surface area contributed by atoms with E-state index in [1.165, 1.54) is 4.88 Å². The van der Waals surface area contributed by atoms with Gasteiger partial charge in [-0.05, 0) is 31.7 Å². The van der Waals surface area contributed by atoms with Gasteiger partial charge >= 0.3 is 6.03 Å². The molecule has 18 heavy (non-hydrogen) atoms. The number of urea groups is 1. The molecule has 0 aromatic carbocycles. The van der Waals surface area contributed by atoms with E-state index < -0.39 is 0 Å². The highest BCUT2D eigenvalue weighted by molar-refractivity contribution is 7.10. The Balaban J connectivity index is 2.01. The first kappa shape index (κ1) is 13.4. The van der Waals surface area contributed by atoms with Gasteiger partial charge in [0.05, 0.1) is 6.04 Å². The van der Waals surface area contributed by atoms with Crippen LogP contribution in [0, 0.1) is 0 Å². The van der Waals surface area contributed by atoms with E-state index in [1.54, 1.807) is 11.3 Å². The van der Waals surface area contributed by atoms with E-state index in [-0.39, 0.29) is 17.6 Å². The molecule has 1 aromatic rings. The van der Waals surface area contributed by atoms with Crippen LogP contribution in [-0.4, -0.2) is 41.5 Å². The average molecular weight is 267 g/mol. The van der Waals surface area contributed by atoms with Gasteiger partial charge in [0, 0.05) is 30.6 Å². The van der Waals surface area contributed by atoms with Crippen LogP contribution in [0.3, 0.4) is 0 Å². The molecule has 0 spiro atoms. The average Bonchev–Trinajstić information content (AvgIpc) is 2.87. The summed E-state index contributed by atoms with van der Waals surface area (Å²) in [6, 6.07) is 4.43. The second-order valence-electron chi connectivity index (χ2n) is 5.61. The number of likely N-dealkylation sites (N-methyl/N-ethyl adjacent to an activating group) is 1. The molecule has 1 unspecified atom stereocenters. The number of nitrogens with zero attached hydrogens (tertiary/aromatic N) is 2. The van der Waals surface area contributed by atoms with Crippen LogP contribution >= 0.6 is 11.3 Å². The van der Waals surface area contributed by atoms with Crippen LogP contribution in [0.25, 0.3) is 0 Å². The second-order valence-corrected chi connectivity index (χ2v) is 6.59. The maximum Gasteiger partial charge on any atom is 0.320 e. The number of carbonyl (C=O) groups is 1. The van der Waals surface area contributed by atoms with Crippen LogP contribution in [0.2, 0.25) is 0 Å². The number of rotatable bonds is 4. The van der Waals surface area contributed by atoms with Crippen molar-refractivity contribution in [1.29, 1.82) is 0 Å². The van der Waals surface area contributed by atoms with E-state index in [2.05, 4.69) is 11.4 Å². The zero-order valence-electron chi connectivity index (χ0n) is 11.2. The Morgan fingerprint density at radius 2 is 2.28 bits per heavy atom. The number of hydrogen-bond acceptors (Lipinski definition) is 3. The van der Waals surface area contributed by atoms with Gasteiger partial charge in [0.2, 0.25) is 0 Å². The Kier molecular flexibility index (Phi) is 3.64. The van der Waals surface area contributed by atoms with Crippen LogP contribution in [0.15, 0.2) is 17.5 Å². The van der Waals surface area contributed by atoms with Crippen molar-refractivity contribution < 1.29 is 4.79 Å². The van der Waals surface area contributed by atoms with Crippen LogP contribution < -0.4 is 5.73 Å². The van der Waals surface area contributed by atoms with Gasteiger partial charge in [-0.25, -0.2) is 4.79 Å². The molecule has 100 valence electrons. The topological polar surface area (TPSA) is 49.6 Å². The van der Waals surface area contributed by atoms with E-state index in [0.717, 1.165) is 19.5 Å². The van der Waals surface area contributed by atoms with Crippen LogP contribution in [0.5, 0.6) is 0 Å². The van der Waals surface area contributed by atoms with Crippen molar-refractivity contribution in [2.45, 2.75) is 31.8 Å². The van der Waals surface area contributed by atoms with E-state index in [1.807, 2.05) is 36.8 Å². The highest BCUT2D eigenvalue weighted by Gasteiger charge is 2.36. The molecule has 1 saturated heterocycles. The van der Waals surface area contributed by atoms with Crippen molar-refractivity contribution in [3.05, 3.63) is 22.4 Å². The smallest absolute Gasteiger partial charge is 0.320 e. The minimum Gasteiger partial charge on any atom is -0.325 e. The van der Waals surface area contributed by atoms with Crippen LogP contribution in [-0.2, 0) is 0 Å². The summed E-state index contributed by atoms with van der Waals surface area (Å²) in [7, 11) is 1.88. The zero-order chi connectivity index (χ0) is 13.3. The predicted octanol–water partition coefficient (Wildman–Crippen LogP) is 2.28. The molecule has 1 aliphatic heterocycles. The fourth-order valence-corrected chi connectivity index (χ4v) is 3.00. The van der Waals surface area contributed by atoms with Crippen LogP contribution in [0.4, 0.5) is 4.79 Å². The molecule has 4 nitrogen and oxygen atoms in total. The molecule has 0 saturated carbocycles. The number of nitrogens with two attached hydrogens (primary N) is 1. The summed E-state index contributed by atoms with van der Waals surface area (Å²) in [4.78, 5) is 17.1. The normalized spacial score (nSPS) is 20.9. The van der Waals surface area contributed by atoms with Crippen molar-refractivity contribution in [2.75, 3.05) is 20.1 Å². The molecule has 1 aromatic heterocycles. The monoisotopic (exact) mass is 267 g/mol. The van der Waals surface area contributed by atoms with Crippen molar-refractivity contribution in [2.24, 2.45) is 5.73 Å². The lowest BCUT2D eigenvalue weighted by Gasteiger charge is -2.22. The molecule has 1 aliphatic rings. The molecule has 1 fully saturated rings. The van der Waals surface area contributed by atoms with Gasteiger partial charge in [-0.2, -0.15) is 0 Å². The Labute approximate surface area is 112 Å². The Morgan fingerprint density at radius 3 is 2.83 bits per heavy atom. The maximum atomic E-state index is 12.1. The second kappa shape index (κ2) is 4.90. The van der Waals surface area contributed by atoms with Gasteiger partial charge in [0.1, 0.15) is 0 Å². The standard InChI is InChI=1S/C13H21N3OS/c1-13(2,14)6-7-16-9-10(15(3)12(16)17)11-5-4-8-18-11/h4-5,8,10H,6-7,9,14H2,1-3H3. The van der Waals surface area contributed by atoms with E-state index in [0.29, 0.717) is 0 Å². The molecule has 2 amide bonds. The lowest BCUT2D eigenvalue weighted by Crippen LogP contribution is -2.38. The first-order valence-corrected chi connectivity index (χ1v) is 7.10.